The molecule has 0 radical (unpaired) electrons. The Morgan fingerprint density at radius 3 is 1.19 bits per heavy atom. The van der Waals surface area contributed by atoms with Crippen LogP contribution in [0, 0.1) is 22.7 Å². The highest BCUT2D eigenvalue weighted by Crippen LogP contribution is 2.24. The molecule has 3 rings (SSSR count). The lowest BCUT2D eigenvalue weighted by molar-refractivity contribution is -0.143. The molecule has 274 valence electrons. The quantitative estimate of drug-likeness (QED) is 0.0323. The third-order valence-electron chi connectivity index (χ3n) is 7.88. The van der Waals surface area contributed by atoms with Gasteiger partial charge < -0.3 is 18.9 Å². The smallest absolute Gasteiger partial charge is 0.319 e. The number of rotatable bonds is 22. The minimum absolute atomic E-state index is 0.234. The topological polar surface area (TPSA) is 119 Å². The molecule has 0 N–H and O–H groups in total. The molecule has 0 fully saturated rings. The van der Waals surface area contributed by atoms with Gasteiger partial charge in [-0.15, -0.1) is 0 Å². The van der Waals surface area contributed by atoms with Crippen LogP contribution in [0.5, 0.6) is 11.5 Å². The van der Waals surface area contributed by atoms with Gasteiger partial charge in [-0.25, -0.2) is 0 Å². The molecule has 0 aliphatic heterocycles. The number of ether oxygens (including phenoxy) is 4. The fourth-order valence-electron chi connectivity index (χ4n) is 4.91. The van der Waals surface area contributed by atoms with Crippen molar-refractivity contribution in [3.63, 3.8) is 0 Å². The van der Waals surface area contributed by atoms with Crippen molar-refractivity contribution in [3.8, 4) is 23.6 Å². The van der Waals surface area contributed by atoms with Gasteiger partial charge in [-0.1, -0.05) is 56.1 Å². The number of alkyl halides is 2. The Hall–Kier alpha value is -4.38. The number of hydrogen-bond donors (Lipinski definition) is 0. The van der Waals surface area contributed by atoms with E-state index < -0.39 is 0 Å². The molecule has 0 heterocycles. The number of carbonyl (C=O) groups is 2. The summed E-state index contributed by atoms with van der Waals surface area (Å²) in [6.07, 6.45) is 11.0. The summed E-state index contributed by atoms with van der Waals surface area (Å²) < 4.78 is 22.0. The maximum atomic E-state index is 11.4. The highest BCUT2D eigenvalue weighted by atomic mass is 79.9. The number of halogens is 2. The summed E-state index contributed by atoms with van der Waals surface area (Å²) in [7, 11) is 0. The molecule has 0 aliphatic rings. The number of unbranched alkanes of at least 4 members (excludes halogenated alkanes) is 6. The van der Waals surface area contributed by atoms with Crippen LogP contribution < -0.4 is 9.47 Å². The summed E-state index contributed by atoms with van der Waals surface area (Å²) in [5.41, 5.74) is 4.41. The average molecular weight is 835 g/mol. The third kappa shape index (κ3) is 15.9. The molecule has 3 aromatic rings. The summed E-state index contributed by atoms with van der Waals surface area (Å²) in [4.78, 5) is 22.3. The number of benzene rings is 3. The molecule has 0 amide bonds. The summed E-state index contributed by atoms with van der Waals surface area (Å²) >= 11 is 6.40. The first-order valence-electron chi connectivity index (χ1n) is 17.6. The Labute approximate surface area is 324 Å². The molecule has 0 saturated carbocycles. The van der Waals surface area contributed by atoms with Crippen molar-refractivity contribution in [3.05, 3.63) is 95.1 Å². The van der Waals surface area contributed by atoms with E-state index in [-0.39, 0.29) is 21.6 Å². The van der Waals surface area contributed by atoms with E-state index >= 15 is 0 Å². The Morgan fingerprint density at radius 1 is 0.558 bits per heavy atom. The highest BCUT2D eigenvalue weighted by molar-refractivity contribution is 9.10. The maximum Gasteiger partial charge on any atom is 0.319 e. The number of nitriles is 2. The SMILES string of the molecule is CC(Br)C(=O)OCCCCCCOc1ccc(/C(C#N)=C/c2ccc(/C=C(/C#N)c3ccc(OCCCCCCOC(=O)C(C)Br)cc3)cc2)cc1. The highest BCUT2D eigenvalue weighted by Gasteiger charge is 2.10. The van der Waals surface area contributed by atoms with E-state index in [0.29, 0.717) is 37.6 Å². The molecule has 0 bridgehead atoms. The van der Waals surface area contributed by atoms with E-state index in [4.69, 9.17) is 18.9 Å². The van der Waals surface area contributed by atoms with Crippen LogP contribution in [0.4, 0.5) is 0 Å². The zero-order valence-electron chi connectivity index (χ0n) is 29.8. The number of carbonyl (C=O) groups excluding carboxylic acids is 2. The first kappa shape index (κ1) is 42.0. The van der Waals surface area contributed by atoms with Crippen molar-refractivity contribution in [1.29, 1.82) is 10.5 Å². The van der Waals surface area contributed by atoms with Crippen molar-refractivity contribution in [2.45, 2.75) is 74.9 Å². The van der Waals surface area contributed by atoms with Crippen molar-refractivity contribution >= 4 is 67.1 Å². The van der Waals surface area contributed by atoms with Gasteiger partial charge in [0.15, 0.2) is 0 Å². The molecule has 0 aliphatic carbocycles. The predicted octanol–water partition coefficient (Wildman–Crippen LogP) is 10.3. The third-order valence-corrected chi connectivity index (χ3v) is 8.63. The number of hydrogen-bond acceptors (Lipinski definition) is 8. The molecule has 10 heteroatoms. The first-order valence-corrected chi connectivity index (χ1v) is 19.4. The van der Waals surface area contributed by atoms with Gasteiger partial charge in [0.2, 0.25) is 0 Å². The fourth-order valence-corrected chi connectivity index (χ4v) is 5.18. The lowest BCUT2D eigenvalue weighted by atomic mass is 10.0. The molecular weight excluding hydrogens is 788 g/mol. The minimum atomic E-state index is -0.279. The van der Waals surface area contributed by atoms with Crippen LogP contribution in [0.3, 0.4) is 0 Å². The van der Waals surface area contributed by atoms with Crippen LogP contribution in [0.2, 0.25) is 0 Å². The van der Waals surface area contributed by atoms with Crippen LogP contribution in [-0.4, -0.2) is 48.0 Å². The maximum absolute atomic E-state index is 11.4. The lowest BCUT2D eigenvalue weighted by Crippen LogP contribution is -2.14. The standard InChI is InChI=1S/C42H46Br2N2O6/c1-31(43)41(47)51-25-9-5-3-7-23-49-39-19-15-35(16-20-39)37(29-45)27-33-11-13-34(14-12-33)28-38(30-46)36-17-21-40(22-18-36)50-24-8-4-6-10-26-52-42(48)32(2)44/h11-22,27-28,31-32H,3-10,23-26H2,1-2H3/b37-27-,38-28+. The molecule has 0 spiro atoms. The summed E-state index contributed by atoms with van der Waals surface area (Å²) in [5, 5.41) is 19.7. The van der Waals surface area contributed by atoms with Crippen LogP contribution in [-0.2, 0) is 19.1 Å². The van der Waals surface area contributed by atoms with E-state index in [1.807, 2.05) is 84.9 Å². The molecule has 8 nitrogen and oxygen atoms in total. The van der Waals surface area contributed by atoms with Crippen molar-refractivity contribution in [1.82, 2.24) is 0 Å². The van der Waals surface area contributed by atoms with E-state index in [1.165, 1.54) is 0 Å². The van der Waals surface area contributed by atoms with Gasteiger partial charge in [0, 0.05) is 0 Å². The van der Waals surface area contributed by atoms with Crippen LogP contribution >= 0.6 is 31.9 Å². The summed E-state index contributed by atoms with van der Waals surface area (Å²) in [6, 6.07) is 27.3. The molecule has 52 heavy (non-hydrogen) atoms. The predicted molar refractivity (Wildman–Crippen MR) is 213 cm³/mol. The monoisotopic (exact) mass is 832 g/mol. The number of allylic oxidation sites excluding steroid dienone is 2. The summed E-state index contributed by atoms with van der Waals surface area (Å²) in [6.45, 7) is 5.55. The van der Waals surface area contributed by atoms with E-state index in [1.54, 1.807) is 13.8 Å². The second-order valence-electron chi connectivity index (χ2n) is 12.1. The van der Waals surface area contributed by atoms with Gasteiger partial charge in [-0.3, -0.25) is 9.59 Å². The normalized spacial score (nSPS) is 12.6. The van der Waals surface area contributed by atoms with Crippen molar-refractivity contribution in [2.24, 2.45) is 0 Å². The number of nitrogens with zero attached hydrogens (tertiary/aromatic N) is 2. The van der Waals surface area contributed by atoms with Gasteiger partial charge in [-0.05, 0) is 148 Å². The van der Waals surface area contributed by atoms with Gasteiger partial charge in [0.25, 0.3) is 0 Å². The van der Waals surface area contributed by atoms with Gasteiger partial charge in [0.05, 0.1) is 49.7 Å². The largest absolute Gasteiger partial charge is 0.494 e. The van der Waals surface area contributed by atoms with Crippen LogP contribution in [0.25, 0.3) is 23.3 Å². The first-order chi connectivity index (χ1) is 25.2. The lowest BCUT2D eigenvalue weighted by Gasteiger charge is -2.08. The Balaban J connectivity index is 1.43. The zero-order valence-corrected chi connectivity index (χ0v) is 33.0. The fraction of sp³-hybridized carbons (Fsp3) is 0.381. The van der Waals surface area contributed by atoms with Crippen molar-refractivity contribution < 1.29 is 28.5 Å². The second kappa shape index (κ2) is 24.0. The molecule has 0 saturated heterocycles. The number of esters is 2. The summed E-state index contributed by atoms with van der Waals surface area (Å²) in [5.74, 6) is 1.03. The van der Waals surface area contributed by atoms with E-state index in [9.17, 15) is 20.1 Å². The molecule has 0 aromatic heterocycles. The van der Waals surface area contributed by atoms with Gasteiger partial charge >= 0.3 is 11.9 Å². The van der Waals surface area contributed by atoms with Crippen LogP contribution in [0.1, 0.15) is 87.5 Å². The van der Waals surface area contributed by atoms with Crippen molar-refractivity contribution in [2.75, 3.05) is 26.4 Å². The molecule has 2 unspecified atom stereocenters. The zero-order chi connectivity index (χ0) is 37.6. The van der Waals surface area contributed by atoms with Crippen LogP contribution in [0.15, 0.2) is 72.8 Å². The average Bonchev–Trinajstić information content (AvgIpc) is 3.15. The minimum Gasteiger partial charge on any atom is -0.494 e. The molecule has 3 aromatic carbocycles. The second-order valence-corrected chi connectivity index (χ2v) is 14.9. The van der Waals surface area contributed by atoms with Gasteiger partial charge in [-0.2, -0.15) is 10.5 Å². The molecular formula is C42H46Br2N2O6. The van der Waals surface area contributed by atoms with Gasteiger partial charge in [0.1, 0.15) is 21.2 Å². The van der Waals surface area contributed by atoms with E-state index in [2.05, 4.69) is 44.0 Å². The Kier molecular flexibility index (Phi) is 19.4. The van der Waals surface area contributed by atoms with E-state index in [0.717, 1.165) is 85.1 Å². The molecule has 2 atom stereocenters. The Morgan fingerprint density at radius 2 is 0.885 bits per heavy atom. The Bertz CT molecular complexity index is 1560.